The lowest BCUT2D eigenvalue weighted by molar-refractivity contribution is -0.388. The van der Waals surface area contributed by atoms with Crippen molar-refractivity contribution < 1.29 is 18.1 Å². The maximum Gasteiger partial charge on any atom is 0.310 e. The molecule has 1 aromatic rings. The summed E-state index contributed by atoms with van der Waals surface area (Å²) in [6.45, 7) is 0.769. The summed E-state index contributed by atoms with van der Waals surface area (Å²) in [5, 5.41) is 10.4. The predicted octanol–water partition coefficient (Wildman–Crippen LogP) is 2.57. The van der Waals surface area contributed by atoms with Crippen molar-refractivity contribution in [1.82, 2.24) is 0 Å². The average Bonchev–Trinajstić information content (AvgIpc) is 2.35. The third-order valence-corrected chi connectivity index (χ3v) is 3.58. The van der Waals surface area contributed by atoms with Gasteiger partial charge in [0.25, 0.3) is 0 Å². The quantitative estimate of drug-likeness (QED) is 0.474. The molecular formula is C10H9F3N2O2S. The summed E-state index contributed by atoms with van der Waals surface area (Å²) in [7, 11) is 0. The zero-order valence-electron chi connectivity index (χ0n) is 9.16. The highest BCUT2D eigenvalue weighted by atomic mass is 32.2. The highest BCUT2D eigenvalue weighted by Crippen LogP contribution is 2.32. The van der Waals surface area contributed by atoms with Gasteiger partial charge in [0.05, 0.1) is 11.0 Å². The average molecular weight is 278 g/mol. The summed E-state index contributed by atoms with van der Waals surface area (Å²) in [6, 6.07) is 0.426. The lowest BCUT2D eigenvalue weighted by atomic mass is 10.2. The van der Waals surface area contributed by atoms with E-state index in [0.717, 1.165) is 0 Å². The fourth-order valence-corrected chi connectivity index (χ4v) is 2.69. The van der Waals surface area contributed by atoms with Crippen molar-refractivity contribution in [2.75, 3.05) is 29.5 Å². The molecule has 18 heavy (non-hydrogen) atoms. The number of hydrogen-bond acceptors (Lipinski definition) is 4. The van der Waals surface area contributed by atoms with Crippen molar-refractivity contribution in [2.24, 2.45) is 0 Å². The molecule has 1 aromatic carbocycles. The number of nitrogens with zero attached hydrogens (tertiary/aromatic N) is 2. The molecule has 8 heteroatoms. The molecule has 0 amide bonds. The fourth-order valence-electron chi connectivity index (χ4n) is 1.78. The van der Waals surface area contributed by atoms with E-state index in [1.165, 1.54) is 4.90 Å². The van der Waals surface area contributed by atoms with Gasteiger partial charge in [-0.3, -0.25) is 10.1 Å². The summed E-state index contributed by atoms with van der Waals surface area (Å²) < 4.78 is 40.8. The lowest BCUT2D eigenvalue weighted by Gasteiger charge is -2.28. The molecular weight excluding hydrogens is 269 g/mol. The van der Waals surface area contributed by atoms with Crippen molar-refractivity contribution in [2.45, 2.75) is 0 Å². The Morgan fingerprint density at radius 1 is 1.22 bits per heavy atom. The fraction of sp³-hybridized carbons (Fsp3) is 0.400. The number of rotatable bonds is 2. The molecule has 0 N–H and O–H groups in total. The molecule has 0 radical (unpaired) electrons. The molecule has 0 saturated carbocycles. The SMILES string of the molecule is O=[N+]([O-])c1cc(F)c(N2CCSCC2)c(F)c1F. The van der Waals surface area contributed by atoms with Crippen LogP contribution in [0.3, 0.4) is 0 Å². The van der Waals surface area contributed by atoms with Gasteiger partial charge in [-0.2, -0.15) is 16.2 Å². The zero-order chi connectivity index (χ0) is 13.3. The van der Waals surface area contributed by atoms with E-state index in [-0.39, 0.29) is 0 Å². The van der Waals surface area contributed by atoms with Gasteiger partial charge in [0.15, 0.2) is 11.6 Å². The van der Waals surface area contributed by atoms with Gasteiger partial charge in [0.2, 0.25) is 5.82 Å². The summed E-state index contributed by atoms with van der Waals surface area (Å²) >= 11 is 1.63. The highest BCUT2D eigenvalue weighted by molar-refractivity contribution is 7.99. The summed E-state index contributed by atoms with van der Waals surface area (Å²) in [5.41, 5.74) is -1.70. The van der Waals surface area contributed by atoms with Crippen LogP contribution in [-0.4, -0.2) is 29.5 Å². The van der Waals surface area contributed by atoms with Crippen LogP contribution in [0.4, 0.5) is 24.5 Å². The first-order chi connectivity index (χ1) is 8.52. The molecule has 1 saturated heterocycles. The van der Waals surface area contributed by atoms with E-state index >= 15 is 0 Å². The Morgan fingerprint density at radius 3 is 2.39 bits per heavy atom. The maximum absolute atomic E-state index is 13.7. The van der Waals surface area contributed by atoms with Crippen LogP contribution in [0.2, 0.25) is 0 Å². The minimum atomic E-state index is -1.62. The topological polar surface area (TPSA) is 46.4 Å². The van der Waals surface area contributed by atoms with Gasteiger partial charge >= 0.3 is 5.69 Å². The molecule has 98 valence electrons. The van der Waals surface area contributed by atoms with E-state index in [2.05, 4.69) is 0 Å². The van der Waals surface area contributed by atoms with Crippen LogP contribution in [0.15, 0.2) is 6.07 Å². The number of nitro benzene ring substituents is 1. The van der Waals surface area contributed by atoms with Crippen molar-refractivity contribution in [3.05, 3.63) is 33.6 Å². The molecule has 2 rings (SSSR count). The van der Waals surface area contributed by atoms with Crippen molar-refractivity contribution in [3.63, 3.8) is 0 Å². The first-order valence-electron chi connectivity index (χ1n) is 5.17. The lowest BCUT2D eigenvalue weighted by Crippen LogP contribution is -2.34. The van der Waals surface area contributed by atoms with E-state index in [0.29, 0.717) is 30.7 Å². The Kier molecular flexibility index (Phi) is 3.65. The largest absolute Gasteiger partial charge is 0.365 e. The van der Waals surface area contributed by atoms with Crippen LogP contribution < -0.4 is 4.90 Å². The molecule has 0 bridgehead atoms. The van der Waals surface area contributed by atoms with E-state index in [9.17, 15) is 23.3 Å². The third-order valence-electron chi connectivity index (χ3n) is 2.64. The minimum Gasteiger partial charge on any atom is -0.365 e. The van der Waals surface area contributed by atoms with Gasteiger partial charge in [-0.25, -0.2) is 8.78 Å². The predicted molar refractivity (Wildman–Crippen MR) is 62.5 cm³/mol. The van der Waals surface area contributed by atoms with Gasteiger partial charge in [-0.15, -0.1) is 0 Å². The van der Waals surface area contributed by atoms with Crippen molar-refractivity contribution in [3.8, 4) is 0 Å². The molecule has 0 aliphatic carbocycles. The van der Waals surface area contributed by atoms with Crippen LogP contribution >= 0.6 is 11.8 Å². The smallest absolute Gasteiger partial charge is 0.310 e. The van der Waals surface area contributed by atoms with E-state index in [4.69, 9.17) is 0 Å². The standard InChI is InChI=1S/C10H9F3N2O2S/c11-6-5-7(15(16)17)8(12)9(13)10(6)14-1-3-18-4-2-14/h5H,1-4H2. The van der Waals surface area contributed by atoms with Crippen LogP contribution in [0.5, 0.6) is 0 Å². The molecule has 0 aromatic heterocycles. The Bertz CT molecular complexity index is 493. The number of halogens is 3. The van der Waals surface area contributed by atoms with E-state index < -0.39 is 33.7 Å². The molecule has 0 spiro atoms. The first-order valence-corrected chi connectivity index (χ1v) is 6.32. The van der Waals surface area contributed by atoms with Crippen LogP contribution in [0.25, 0.3) is 0 Å². The second-order valence-corrected chi connectivity index (χ2v) is 4.94. The van der Waals surface area contributed by atoms with Crippen molar-refractivity contribution >= 4 is 23.1 Å². The van der Waals surface area contributed by atoms with Crippen LogP contribution in [0.1, 0.15) is 0 Å². The molecule has 1 aliphatic heterocycles. The van der Waals surface area contributed by atoms with Gasteiger partial charge in [0, 0.05) is 24.6 Å². The van der Waals surface area contributed by atoms with E-state index in [1.807, 2.05) is 0 Å². The van der Waals surface area contributed by atoms with Gasteiger partial charge in [-0.05, 0) is 0 Å². The Balaban J connectivity index is 2.48. The van der Waals surface area contributed by atoms with Gasteiger partial charge < -0.3 is 4.90 Å². The molecule has 0 unspecified atom stereocenters. The molecule has 1 fully saturated rings. The summed E-state index contributed by atoms with van der Waals surface area (Å²) in [6.07, 6.45) is 0. The van der Waals surface area contributed by atoms with Crippen LogP contribution in [-0.2, 0) is 0 Å². The number of nitro groups is 1. The number of benzene rings is 1. The first kappa shape index (κ1) is 13.0. The Hall–Kier alpha value is -1.44. The highest BCUT2D eigenvalue weighted by Gasteiger charge is 2.29. The normalized spacial score (nSPS) is 15.8. The Labute approximate surface area is 105 Å². The number of thioether (sulfide) groups is 1. The number of anilines is 1. The maximum atomic E-state index is 13.7. The molecule has 1 heterocycles. The second-order valence-electron chi connectivity index (χ2n) is 3.71. The van der Waals surface area contributed by atoms with Gasteiger partial charge in [-0.1, -0.05) is 0 Å². The summed E-state index contributed by atoms with van der Waals surface area (Å²) in [4.78, 5) is 10.7. The summed E-state index contributed by atoms with van der Waals surface area (Å²) in [5.74, 6) is -2.86. The van der Waals surface area contributed by atoms with Crippen molar-refractivity contribution in [1.29, 1.82) is 0 Å². The molecule has 0 atom stereocenters. The number of hydrogen-bond donors (Lipinski definition) is 0. The second kappa shape index (κ2) is 5.05. The minimum absolute atomic E-state index is 0.385. The third kappa shape index (κ3) is 2.24. The Morgan fingerprint density at radius 2 is 1.83 bits per heavy atom. The van der Waals surface area contributed by atoms with Crippen LogP contribution in [0, 0.1) is 27.6 Å². The van der Waals surface area contributed by atoms with E-state index in [1.54, 1.807) is 11.8 Å². The molecule has 1 aliphatic rings. The molecule has 4 nitrogen and oxygen atoms in total. The van der Waals surface area contributed by atoms with Gasteiger partial charge in [0.1, 0.15) is 5.69 Å². The monoisotopic (exact) mass is 278 g/mol. The zero-order valence-corrected chi connectivity index (χ0v) is 9.98.